The molecule has 4 aliphatic rings. The average molecular weight is 542 g/mol. The van der Waals surface area contributed by atoms with Crippen LogP contribution in [-0.4, -0.2) is 18.2 Å². The zero-order valence-electron chi connectivity index (χ0n) is 24.8. The van der Waals surface area contributed by atoms with E-state index in [0.29, 0.717) is 30.0 Å². The summed E-state index contributed by atoms with van der Waals surface area (Å²) in [5.74, 6) is 3.38. The Morgan fingerprint density at radius 3 is 2.20 bits per heavy atom. The van der Waals surface area contributed by atoms with Crippen LogP contribution in [0.2, 0.25) is 0 Å². The van der Waals surface area contributed by atoms with Crippen molar-refractivity contribution in [2.24, 2.45) is 46.2 Å². The van der Waals surface area contributed by atoms with Crippen LogP contribution < -0.4 is 5.73 Å². The first-order valence-corrected chi connectivity index (χ1v) is 16.1. The molecule has 2 aromatic rings. The molecule has 0 heterocycles. The van der Waals surface area contributed by atoms with Crippen molar-refractivity contribution in [3.05, 3.63) is 84.4 Å². The average Bonchev–Trinajstić information content (AvgIpc) is 2.99. The smallest absolute Gasteiger partial charge is 0.0720 e. The van der Waals surface area contributed by atoms with Gasteiger partial charge in [-0.1, -0.05) is 87.0 Å². The van der Waals surface area contributed by atoms with Crippen molar-refractivity contribution in [3.63, 3.8) is 0 Å². The van der Waals surface area contributed by atoms with Gasteiger partial charge in [0.15, 0.2) is 0 Å². The van der Waals surface area contributed by atoms with Gasteiger partial charge in [0.1, 0.15) is 0 Å². The van der Waals surface area contributed by atoms with Crippen LogP contribution >= 0.6 is 0 Å². The van der Waals surface area contributed by atoms with Gasteiger partial charge in [-0.2, -0.15) is 0 Å². The minimum atomic E-state index is 0.0382. The zero-order chi connectivity index (χ0) is 27.7. The second-order valence-electron chi connectivity index (χ2n) is 14.1. The summed E-state index contributed by atoms with van der Waals surface area (Å²) in [7, 11) is 0. The number of rotatable bonds is 8. The van der Waals surface area contributed by atoms with E-state index in [1.54, 1.807) is 0 Å². The van der Waals surface area contributed by atoms with E-state index in [-0.39, 0.29) is 17.6 Å². The maximum Gasteiger partial charge on any atom is 0.0720 e. The van der Waals surface area contributed by atoms with Crippen LogP contribution in [-0.2, 0) is 22.7 Å². The highest BCUT2D eigenvalue weighted by atomic mass is 16.5. The molecular weight excluding hydrogens is 490 g/mol. The van der Waals surface area contributed by atoms with Crippen LogP contribution in [0.25, 0.3) is 0 Å². The molecule has 10 atom stereocenters. The molecule has 0 radical (unpaired) electrons. The lowest BCUT2D eigenvalue weighted by Gasteiger charge is -2.66. The number of benzene rings is 2. The lowest BCUT2D eigenvalue weighted by atomic mass is 9.40. The molecule has 0 saturated heterocycles. The summed E-state index contributed by atoms with van der Waals surface area (Å²) in [5.41, 5.74) is 9.84. The second-order valence-corrected chi connectivity index (χ2v) is 14.1. The Labute approximate surface area is 242 Å². The van der Waals surface area contributed by atoms with Crippen molar-refractivity contribution in [2.75, 3.05) is 0 Å². The number of nitrogens with two attached hydrogens (primary N) is 1. The van der Waals surface area contributed by atoms with Gasteiger partial charge in [0.2, 0.25) is 0 Å². The molecule has 0 aromatic heterocycles. The summed E-state index contributed by atoms with van der Waals surface area (Å²) in [4.78, 5) is 0. The quantitative estimate of drug-likeness (QED) is 0.342. The van der Waals surface area contributed by atoms with E-state index in [1.165, 1.54) is 68.9 Å². The third kappa shape index (κ3) is 5.12. The molecule has 40 heavy (non-hydrogen) atoms. The molecular formula is C37H51NO2. The maximum atomic E-state index is 7.03. The van der Waals surface area contributed by atoms with Gasteiger partial charge in [0.25, 0.3) is 0 Å². The molecule has 216 valence electrons. The molecule has 0 bridgehead atoms. The van der Waals surface area contributed by atoms with Crippen molar-refractivity contribution < 1.29 is 9.47 Å². The summed E-state index contributed by atoms with van der Waals surface area (Å²) < 4.78 is 13.5. The fourth-order valence-corrected chi connectivity index (χ4v) is 10.1. The fourth-order valence-electron chi connectivity index (χ4n) is 10.1. The van der Waals surface area contributed by atoms with Crippen molar-refractivity contribution in [2.45, 2.75) is 103 Å². The molecule has 3 nitrogen and oxygen atoms in total. The highest BCUT2D eigenvalue weighted by molar-refractivity contribution is 5.17. The SMILES string of the molecule is C=C[C@@H](N)[C@H]1CCC[C@H]2[C@@H]3CC[C@@H]4C[C@H](OCc5ccccc5)CC[C@]4(C)[C@H]3C[C@H](OCc3ccccc3)[C@]12C. The van der Waals surface area contributed by atoms with Crippen molar-refractivity contribution >= 4 is 0 Å². The maximum absolute atomic E-state index is 7.03. The molecule has 6 rings (SSSR count). The van der Waals surface area contributed by atoms with Gasteiger partial charge in [-0.05, 0) is 97.5 Å². The lowest BCUT2D eigenvalue weighted by Crippen LogP contribution is -2.63. The summed E-state index contributed by atoms with van der Waals surface area (Å²) >= 11 is 0. The van der Waals surface area contributed by atoms with Crippen LogP contribution in [0.3, 0.4) is 0 Å². The predicted octanol–water partition coefficient (Wildman–Crippen LogP) is 8.33. The van der Waals surface area contributed by atoms with Crippen molar-refractivity contribution in [3.8, 4) is 0 Å². The first kappa shape index (κ1) is 28.2. The minimum Gasteiger partial charge on any atom is -0.374 e. The van der Waals surface area contributed by atoms with Crippen LogP contribution in [0.15, 0.2) is 73.3 Å². The minimum absolute atomic E-state index is 0.0382. The standard InChI is InChI=1S/C37H51NO2/c1-4-34(38)32-17-11-16-31-30-19-18-28-22-29(39-24-26-12-7-5-8-13-26)20-21-36(28,2)33(30)23-35(37(31,32)3)40-25-27-14-9-6-10-15-27/h4-10,12-15,28-35H,1,11,16-25,38H2,2-3H3/t28-,29-,30+,31+,32-,33+,34-,35+,36+,37+/m1/s1. The molecule has 0 aliphatic heterocycles. The normalized spacial score (nSPS) is 39.8. The Balaban J connectivity index is 1.23. The van der Waals surface area contributed by atoms with Gasteiger partial charge >= 0.3 is 0 Å². The van der Waals surface area contributed by atoms with Crippen LogP contribution in [0.5, 0.6) is 0 Å². The topological polar surface area (TPSA) is 44.5 Å². The fraction of sp³-hybridized carbons (Fsp3) is 0.622. The zero-order valence-corrected chi connectivity index (χ0v) is 24.8. The summed E-state index contributed by atoms with van der Waals surface area (Å²) in [6.45, 7) is 10.8. The van der Waals surface area contributed by atoms with E-state index in [0.717, 1.165) is 24.4 Å². The monoisotopic (exact) mass is 541 g/mol. The molecule has 4 saturated carbocycles. The Kier molecular flexibility index (Phi) is 8.28. The Hall–Kier alpha value is -1.94. The number of ether oxygens (including phenoxy) is 2. The number of hydrogen-bond donors (Lipinski definition) is 1. The van der Waals surface area contributed by atoms with Gasteiger partial charge in [-0.3, -0.25) is 0 Å². The molecule has 0 amide bonds. The van der Waals surface area contributed by atoms with E-state index in [4.69, 9.17) is 15.2 Å². The molecule has 3 heteroatoms. The van der Waals surface area contributed by atoms with Gasteiger partial charge in [0.05, 0.1) is 25.4 Å². The summed E-state index contributed by atoms with van der Waals surface area (Å²) in [6.07, 6.45) is 14.0. The highest BCUT2D eigenvalue weighted by Gasteiger charge is 2.63. The van der Waals surface area contributed by atoms with Crippen molar-refractivity contribution in [1.29, 1.82) is 0 Å². The third-order valence-corrected chi connectivity index (χ3v) is 12.4. The molecule has 4 fully saturated rings. The number of fused-ring (bicyclic) bond motifs is 5. The van der Waals surface area contributed by atoms with Gasteiger partial charge < -0.3 is 15.2 Å². The highest BCUT2D eigenvalue weighted by Crippen LogP contribution is 2.67. The van der Waals surface area contributed by atoms with E-state index in [1.807, 2.05) is 6.08 Å². The van der Waals surface area contributed by atoms with Crippen molar-refractivity contribution in [1.82, 2.24) is 0 Å². The third-order valence-electron chi connectivity index (χ3n) is 12.4. The van der Waals surface area contributed by atoms with Gasteiger partial charge in [0, 0.05) is 11.5 Å². The summed E-state index contributed by atoms with van der Waals surface area (Å²) in [6, 6.07) is 21.5. The van der Waals surface area contributed by atoms with E-state index in [9.17, 15) is 0 Å². The molecule has 2 aromatic carbocycles. The first-order valence-electron chi connectivity index (χ1n) is 16.1. The van der Waals surface area contributed by atoms with Gasteiger partial charge in [-0.25, -0.2) is 0 Å². The van der Waals surface area contributed by atoms with E-state index < -0.39 is 0 Å². The Morgan fingerprint density at radius 2 is 1.52 bits per heavy atom. The number of hydrogen-bond acceptors (Lipinski definition) is 3. The lowest BCUT2D eigenvalue weighted by molar-refractivity contribution is -0.218. The molecule has 0 unspecified atom stereocenters. The van der Waals surface area contributed by atoms with E-state index >= 15 is 0 Å². The predicted molar refractivity (Wildman–Crippen MR) is 163 cm³/mol. The summed E-state index contributed by atoms with van der Waals surface area (Å²) in [5, 5.41) is 0. The second kappa shape index (κ2) is 11.7. The Bertz CT molecular complexity index is 1120. The molecule has 0 spiro atoms. The van der Waals surface area contributed by atoms with Gasteiger partial charge in [-0.15, -0.1) is 6.58 Å². The Morgan fingerprint density at radius 1 is 0.850 bits per heavy atom. The van der Waals surface area contributed by atoms with E-state index in [2.05, 4.69) is 81.1 Å². The largest absolute Gasteiger partial charge is 0.374 e. The van der Waals surface area contributed by atoms with Crippen LogP contribution in [0, 0.1) is 40.4 Å². The van der Waals surface area contributed by atoms with Crippen LogP contribution in [0.4, 0.5) is 0 Å². The molecule has 4 aliphatic carbocycles. The first-order chi connectivity index (χ1) is 19.4. The van der Waals surface area contributed by atoms with Crippen LogP contribution in [0.1, 0.15) is 82.8 Å². The molecule has 2 N–H and O–H groups in total.